The van der Waals surface area contributed by atoms with Gasteiger partial charge >= 0.3 is 5.97 Å². The second kappa shape index (κ2) is 5.11. The highest BCUT2D eigenvalue weighted by Gasteiger charge is 2.04. The minimum atomic E-state index is -3.45. The van der Waals surface area contributed by atoms with Gasteiger partial charge in [-0.15, -0.1) is 0 Å². The average Bonchev–Trinajstić information content (AvgIpc) is 1.96. The third kappa shape index (κ3) is 7.50. The maximum Gasteiger partial charge on any atom is 0.330 e. The Kier molecular flexibility index (Phi) is 4.85. The lowest BCUT2D eigenvalue weighted by Crippen LogP contribution is -2.07. The number of carbonyl (C=O) groups is 1. The Hall–Kier alpha value is -0.610. The molecular formula is C6H11O5P. The summed E-state index contributed by atoms with van der Waals surface area (Å²) in [5.41, 5.74) is 0. The van der Waals surface area contributed by atoms with Crippen LogP contribution in [-0.4, -0.2) is 35.3 Å². The fourth-order valence-electron chi connectivity index (χ4n) is 0.385. The van der Waals surface area contributed by atoms with E-state index in [1.165, 1.54) is 0 Å². The summed E-state index contributed by atoms with van der Waals surface area (Å²) in [6.45, 7) is 3.02. The number of rotatable bonds is 5. The van der Waals surface area contributed by atoms with Crippen LogP contribution in [0.1, 0.15) is 0 Å². The molecule has 0 unspecified atom stereocenters. The molecule has 0 fully saturated rings. The van der Waals surface area contributed by atoms with Gasteiger partial charge < -0.3 is 19.0 Å². The van der Waals surface area contributed by atoms with E-state index in [2.05, 4.69) is 22.1 Å². The lowest BCUT2D eigenvalue weighted by atomic mass is 10.6. The van der Waals surface area contributed by atoms with Gasteiger partial charge in [-0.2, -0.15) is 0 Å². The predicted octanol–water partition coefficient (Wildman–Crippen LogP) is -0.0886. The molecule has 5 nitrogen and oxygen atoms in total. The molecule has 0 aromatic heterocycles. The standard InChI is InChI=1S/C6H11O5P/c1-3-6(7)10-4-5-11-12(2,8)9/h3,8-9H,1-2,4-5H2. The maximum atomic E-state index is 10.4. The summed E-state index contributed by atoms with van der Waals surface area (Å²) in [7, 11) is -3.45. The van der Waals surface area contributed by atoms with Gasteiger partial charge in [0, 0.05) is 6.08 Å². The first-order chi connectivity index (χ1) is 5.45. The van der Waals surface area contributed by atoms with Gasteiger partial charge in [0.2, 0.25) is 7.57 Å². The zero-order valence-electron chi connectivity index (χ0n) is 6.47. The van der Waals surface area contributed by atoms with Crippen molar-refractivity contribution in [3.63, 3.8) is 0 Å². The quantitative estimate of drug-likeness (QED) is 0.277. The van der Waals surface area contributed by atoms with E-state index in [0.717, 1.165) is 6.08 Å². The fraction of sp³-hybridized carbons (Fsp3) is 0.333. The van der Waals surface area contributed by atoms with Crippen molar-refractivity contribution in [3.8, 4) is 0 Å². The smallest absolute Gasteiger partial charge is 0.330 e. The van der Waals surface area contributed by atoms with Gasteiger partial charge in [-0.25, -0.2) is 4.79 Å². The van der Waals surface area contributed by atoms with Gasteiger partial charge in [0.1, 0.15) is 6.61 Å². The molecule has 0 aromatic rings. The van der Waals surface area contributed by atoms with Gasteiger partial charge in [0.15, 0.2) is 0 Å². The number of hydrogen-bond donors (Lipinski definition) is 2. The molecule has 0 saturated carbocycles. The molecule has 0 rings (SSSR count). The largest absolute Gasteiger partial charge is 0.460 e. The molecule has 2 N–H and O–H groups in total. The SMILES string of the molecule is C=CC(=O)OCCOP(=C)(O)O. The third-order valence-electron chi connectivity index (χ3n) is 0.792. The molecule has 0 bridgehead atoms. The van der Waals surface area contributed by atoms with Crippen molar-refractivity contribution in [3.05, 3.63) is 12.7 Å². The molecule has 0 radical (unpaired) electrons. The van der Waals surface area contributed by atoms with Crippen LogP contribution in [0.25, 0.3) is 0 Å². The molecule has 70 valence electrons. The van der Waals surface area contributed by atoms with Crippen LogP contribution in [0, 0.1) is 0 Å². The van der Waals surface area contributed by atoms with Crippen LogP contribution in [0.3, 0.4) is 0 Å². The van der Waals surface area contributed by atoms with Crippen LogP contribution in [-0.2, 0) is 14.1 Å². The first-order valence-corrected chi connectivity index (χ1v) is 4.88. The van der Waals surface area contributed by atoms with Gasteiger partial charge in [0.25, 0.3) is 0 Å². The van der Waals surface area contributed by atoms with Crippen molar-refractivity contribution < 1.29 is 23.8 Å². The molecular weight excluding hydrogens is 183 g/mol. The molecule has 0 aromatic carbocycles. The van der Waals surface area contributed by atoms with Crippen LogP contribution in [0.2, 0.25) is 0 Å². The lowest BCUT2D eigenvalue weighted by molar-refractivity contribution is -0.138. The zero-order valence-corrected chi connectivity index (χ0v) is 7.37. The van der Waals surface area contributed by atoms with Gasteiger partial charge in [-0.3, -0.25) is 0 Å². The summed E-state index contributed by atoms with van der Waals surface area (Å²) in [5, 5.41) is 0. The van der Waals surface area contributed by atoms with Crippen molar-refractivity contribution in [2.24, 2.45) is 0 Å². The average molecular weight is 194 g/mol. The Morgan fingerprint density at radius 2 is 2.08 bits per heavy atom. The lowest BCUT2D eigenvalue weighted by Gasteiger charge is -2.09. The molecule has 0 saturated heterocycles. The van der Waals surface area contributed by atoms with E-state index in [4.69, 9.17) is 9.79 Å². The summed E-state index contributed by atoms with van der Waals surface area (Å²) in [6, 6.07) is 0. The molecule has 0 heterocycles. The van der Waals surface area contributed by atoms with E-state index < -0.39 is 13.5 Å². The van der Waals surface area contributed by atoms with Crippen molar-refractivity contribution in [2.75, 3.05) is 13.2 Å². The van der Waals surface area contributed by atoms with E-state index >= 15 is 0 Å². The van der Waals surface area contributed by atoms with Gasteiger partial charge in [-0.05, 0) is 6.30 Å². The molecule has 0 atom stereocenters. The molecule has 0 amide bonds. The van der Waals surface area contributed by atoms with E-state index in [1.807, 2.05) is 0 Å². The Morgan fingerprint density at radius 3 is 2.50 bits per heavy atom. The number of hydrogen-bond acceptors (Lipinski definition) is 5. The second-order valence-electron chi connectivity index (χ2n) is 1.87. The van der Waals surface area contributed by atoms with Crippen LogP contribution < -0.4 is 0 Å². The summed E-state index contributed by atoms with van der Waals surface area (Å²) >= 11 is 0. The van der Waals surface area contributed by atoms with Gasteiger partial charge in [0.05, 0.1) is 6.61 Å². The van der Waals surface area contributed by atoms with Crippen molar-refractivity contribution in [1.29, 1.82) is 0 Å². The normalized spacial score (nSPS) is 10.8. The highest BCUT2D eigenvalue weighted by atomic mass is 31.2. The molecule has 12 heavy (non-hydrogen) atoms. The fourth-order valence-corrected chi connectivity index (χ4v) is 0.752. The van der Waals surface area contributed by atoms with E-state index in [0.29, 0.717) is 0 Å². The molecule has 0 aliphatic carbocycles. The van der Waals surface area contributed by atoms with Crippen molar-refractivity contribution in [1.82, 2.24) is 0 Å². The van der Waals surface area contributed by atoms with Crippen LogP contribution in [0.15, 0.2) is 12.7 Å². The summed E-state index contributed by atoms with van der Waals surface area (Å²) < 4.78 is 8.90. The first kappa shape index (κ1) is 11.4. The van der Waals surface area contributed by atoms with E-state index in [9.17, 15) is 4.79 Å². The van der Waals surface area contributed by atoms with Gasteiger partial charge in [-0.1, -0.05) is 6.58 Å². The minimum absolute atomic E-state index is 0.0523. The highest BCUT2D eigenvalue weighted by Crippen LogP contribution is 2.34. The Labute approximate surface area is 70.5 Å². The Bertz CT molecular complexity index is 206. The topological polar surface area (TPSA) is 76.0 Å². The zero-order chi connectivity index (χ0) is 9.61. The predicted molar refractivity (Wildman–Crippen MR) is 45.6 cm³/mol. The third-order valence-corrected chi connectivity index (χ3v) is 1.39. The highest BCUT2D eigenvalue weighted by molar-refractivity contribution is 7.57. The summed E-state index contributed by atoms with van der Waals surface area (Å²) in [4.78, 5) is 27.6. The summed E-state index contributed by atoms with van der Waals surface area (Å²) in [6.07, 6.45) is 3.95. The monoisotopic (exact) mass is 194 g/mol. The number of ether oxygens (including phenoxy) is 1. The first-order valence-electron chi connectivity index (χ1n) is 3.08. The van der Waals surface area contributed by atoms with E-state index in [1.54, 1.807) is 0 Å². The summed E-state index contributed by atoms with van der Waals surface area (Å²) in [5.74, 6) is -0.581. The van der Waals surface area contributed by atoms with Crippen molar-refractivity contribution in [2.45, 2.75) is 0 Å². The minimum Gasteiger partial charge on any atom is -0.460 e. The maximum absolute atomic E-state index is 10.4. The van der Waals surface area contributed by atoms with E-state index in [-0.39, 0.29) is 13.2 Å². The molecule has 0 aliphatic rings. The molecule has 0 spiro atoms. The molecule has 6 heteroatoms. The van der Waals surface area contributed by atoms with Crippen LogP contribution in [0.5, 0.6) is 0 Å². The Balaban J connectivity index is 3.40. The number of esters is 1. The Morgan fingerprint density at radius 1 is 1.50 bits per heavy atom. The second-order valence-corrected chi connectivity index (χ2v) is 3.46. The van der Waals surface area contributed by atoms with Crippen molar-refractivity contribution >= 4 is 19.8 Å². The molecule has 0 aliphatic heterocycles. The van der Waals surface area contributed by atoms with Crippen LogP contribution >= 0.6 is 7.57 Å². The number of carbonyl (C=O) groups excluding carboxylic acids is 1. The van der Waals surface area contributed by atoms with Crippen LogP contribution in [0.4, 0.5) is 0 Å².